The van der Waals surface area contributed by atoms with Gasteiger partial charge in [0.15, 0.2) is 0 Å². The smallest absolute Gasteiger partial charge is 0.131 e. The number of anilines is 1. The van der Waals surface area contributed by atoms with Crippen LogP contribution in [0.1, 0.15) is 16.8 Å². The molecule has 0 aliphatic heterocycles. The van der Waals surface area contributed by atoms with E-state index in [1.54, 1.807) is 0 Å². The van der Waals surface area contributed by atoms with Gasteiger partial charge < -0.3 is 5.32 Å². The predicted octanol–water partition coefficient (Wildman–Crippen LogP) is 4.14. The number of hydrogen-bond donors (Lipinski definition) is 1. The average molecular weight is 277 g/mol. The third-order valence-electron chi connectivity index (χ3n) is 2.43. The summed E-state index contributed by atoms with van der Waals surface area (Å²) in [5.41, 5.74) is 3.00. The van der Waals surface area contributed by atoms with Gasteiger partial charge in [0.25, 0.3) is 0 Å². The van der Waals surface area contributed by atoms with Crippen LogP contribution in [0.4, 0.5) is 5.82 Å². The third kappa shape index (κ3) is 3.28. The molecular weight excluding hydrogens is 264 g/mol. The summed E-state index contributed by atoms with van der Waals surface area (Å²) in [7, 11) is 0. The van der Waals surface area contributed by atoms with Crippen molar-refractivity contribution in [3.63, 3.8) is 0 Å². The first-order chi connectivity index (χ1) is 8.54. The van der Waals surface area contributed by atoms with Crippen molar-refractivity contribution >= 4 is 34.6 Å². The Labute approximate surface area is 117 Å². The Bertz CT molecular complexity index is 576. The van der Waals surface area contributed by atoms with E-state index in [1.165, 1.54) is 0 Å². The highest BCUT2D eigenvalue weighted by Gasteiger charge is 2.04. The summed E-state index contributed by atoms with van der Waals surface area (Å²) in [5, 5.41) is 3.80. The van der Waals surface area contributed by atoms with E-state index in [9.17, 15) is 0 Å². The van der Waals surface area contributed by atoms with Crippen LogP contribution in [0, 0.1) is 13.8 Å². The van der Waals surface area contributed by atoms with E-state index in [2.05, 4.69) is 10.3 Å². The predicted molar refractivity (Wildman–Crippen MR) is 80.5 cm³/mol. The number of aromatic nitrogens is 1. The van der Waals surface area contributed by atoms with Crippen molar-refractivity contribution in [2.24, 2.45) is 0 Å². The van der Waals surface area contributed by atoms with Crippen molar-refractivity contribution in [1.82, 2.24) is 4.98 Å². The Balaban J connectivity index is 2.21. The number of pyridine rings is 1. The molecule has 92 valence electrons. The number of hydrogen-bond acceptors (Lipinski definition) is 2. The van der Waals surface area contributed by atoms with Gasteiger partial charge in [-0.1, -0.05) is 36.0 Å². The molecule has 0 amide bonds. The van der Waals surface area contributed by atoms with Crippen molar-refractivity contribution < 1.29 is 0 Å². The second-order valence-corrected chi connectivity index (χ2v) is 4.98. The molecule has 2 aromatic rings. The number of rotatable bonds is 2. The van der Waals surface area contributed by atoms with Crippen LogP contribution in [0.5, 0.6) is 0 Å². The Morgan fingerprint density at radius 2 is 2.00 bits per heavy atom. The molecule has 4 heteroatoms. The van der Waals surface area contributed by atoms with Gasteiger partial charge in [-0.05, 0) is 43.7 Å². The topological polar surface area (TPSA) is 24.9 Å². The zero-order valence-corrected chi connectivity index (χ0v) is 11.8. The fourth-order valence-electron chi connectivity index (χ4n) is 1.72. The normalized spacial score (nSPS) is 10.2. The maximum atomic E-state index is 5.94. The van der Waals surface area contributed by atoms with E-state index in [0.717, 1.165) is 22.6 Å². The maximum absolute atomic E-state index is 5.94. The second kappa shape index (κ2) is 5.46. The van der Waals surface area contributed by atoms with E-state index < -0.39 is 0 Å². The fourth-order valence-corrected chi connectivity index (χ4v) is 2.15. The Morgan fingerprint density at radius 3 is 2.67 bits per heavy atom. The molecule has 0 atom stereocenters. The molecule has 1 heterocycles. The van der Waals surface area contributed by atoms with Gasteiger partial charge in [0, 0.05) is 16.3 Å². The molecule has 1 aromatic carbocycles. The molecular formula is C14H13ClN2S. The lowest BCUT2D eigenvalue weighted by Crippen LogP contribution is -2.12. The molecule has 2 rings (SSSR count). The van der Waals surface area contributed by atoms with Crippen LogP contribution in [0.2, 0.25) is 5.02 Å². The molecule has 0 aliphatic rings. The number of nitrogens with one attached hydrogen (secondary N) is 1. The summed E-state index contributed by atoms with van der Waals surface area (Å²) < 4.78 is 0. The molecule has 0 spiro atoms. The number of halogens is 1. The molecule has 0 saturated carbocycles. The molecule has 1 aromatic heterocycles. The van der Waals surface area contributed by atoms with Crippen molar-refractivity contribution in [3.8, 4) is 0 Å². The highest BCUT2D eigenvalue weighted by Crippen LogP contribution is 2.14. The van der Waals surface area contributed by atoms with Crippen molar-refractivity contribution in [3.05, 3.63) is 58.2 Å². The maximum Gasteiger partial charge on any atom is 0.131 e. The van der Waals surface area contributed by atoms with Crippen molar-refractivity contribution in [2.75, 3.05) is 5.32 Å². The highest BCUT2D eigenvalue weighted by molar-refractivity contribution is 7.81. The zero-order valence-electron chi connectivity index (χ0n) is 10.2. The van der Waals surface area contributed by atoms with Gasteiger partial charge in [-0.3, -0.25) is 0 Å². The van der Waals surface area contributed by atoms with Crippen LogP contribution in [0.3, 0.4) is 0 Å². The SMILES string of the molecule is Cc1cc(C)nc(NC(=S)c2cccc(Cl)c2)c1. The van der Waals surface area contributed by atoms with Crippen LogP contribution in [-0.2, 0) is 0 Å². The largest absolute Gasteiger partial charge is 0.331 e. The first kappa shape index (κ1) is 13.0. The number of benzene rings is 1. The molecule has 0 fully saturated rings. The van der Waals surface area contributed by atoms with Gasteiger partial charge in [-0.15, -0.1) is 0 Å². The van der Waals surface area contributed by atoms with Gasteiger partial charge in [0.1, 0.15) is 10.8 Å². The van der Waals surface area contributed by atoms with E-state index in [0.29, 0.717) is 10.0 Å². The standard InChI is InChI=1S/C14H13ClN2S/c1-9-6-10(2)16-13(7-9)17-14(18)11-4-3-5-12(15)8-11/h3-8H,1-2H3,(H,16,17,18). The zero-order chi connectivity index (χ0) is 13.1. The molecule has 0 unspecified atom stereocenters. The lowest BCUT2D eigenvalue weighted by Gasteiger charge is -2.09. The van der Waals surface area contributed by atoms with Crippen LogP contribution in [-0.4, -0.2) is 9.97 Å². The quantitative estimate of drug-likeness (QED) is 0.835. The van der Waals surface area contributed by atoms with Gasteiger partial charge in [0.05, 0.1) is 0 Å². The molecule has 1 N–H and O–H groups in total. The molecule has 0 radical (unpaired) electrons. The minimum atomic E-state index is 0.620. The summed E-state index contributed by atoms with van der Waals surface area (Å²) in [6.45, 7) is 3.99. The van der Waals surface area contributed by atoms with Gasteiger partial charge in [-0.25, -0.2) is 4.98 Å². The van der Waals surface area contributed by atoms with E-state index in [-0.39, 0.29) is 0 Å². The third-order valence-corrected chi connectivity index (χ3v) is 3.00. The summed E-state index contributed by atoms with van der Waals surface area (Å²) >= 11 is 11.3. The number of nitrogens with zero attached hydrogens (tertiary/aromatic N) is 1. The van der Waals surface area contributed by atoms with Gasteiger partial charge in [0.2, 0.25) is 0 Å². The minimum Gasteiger partial charge on any atom is -0.331 e. The Kier molecular flexibility index (Phi) is 3.94. The average Bonchev–Trinajstić information content (AvgIpc) is 2.27. The summed E-state index contributed by atoms with van der Waals surface area (Å²) in [6, 6.07) is 11.4. The highest BCUT2D eigenvalue weighted by atomic mass is 35.5. The second-order valence-electron chi connectivity index (χ2n) is 4.14. The van der Waals surface area contributed by atoms with Crippen LogP contribution in [0.15, 0.2) is 36.4 Å². The minimum absolute atomic E-state index is 0.620. The summed E-state index contributed by atoms with van der Waals surface area (Å²) in [5.74, 6) is 0.762. The van der Waals surface area contributed by atoms with E-state index in [4.69, 9.17) is 23.8 Å². The first-order valence-corrected chi connectivity index (χ1v) is 6.35. The van der Waals surface area contributed by atoms with Crippen molar-refractivity contribution in [2.45, 2.75) is 13.8 Å². The fraction of sp³-hybridized carbons (Fsp3) is 0.143. The molecule has 0 saturated heterocycles. The lowest BCUT2D eigenvalue weighted by atomic mass is 10.2. The van der Waals surface area contributed by atoms with Crippen LogP contribution in [0.25, 0.3) is 0 Å². The monoisotopic (exact) mass is 276 g/mol. The molecule has 2 nitrogen and oxygen atoms in total. The Hall–Kier alpha value is -1.45. The first-order valence-electron chi connectivity index (χ1n) is 5.57. The van der Waals surface area contributed by atoms with Gasteiger partial charge >= 0.3 is 0 Å². The summed E-state index contributed by atoms with van der Waals surface area (Å²) in [6.07, 6.45) is 0. The van der Waals surface area contributed by atoms with Crippen LogP contribution < -0.4 is 5.32 Å². The Morgan fingerprint density at radius 1 is 1.22 bits per heavy atom. The molecule has 18 heavy (non-hydrogen) atoms. The van der Waals surface area contributed by atoms with Crippen molar-refractivity contribution in [1.29, 1.82) is 0 Å². The lowest BCUT2D eigenvalue weighted by molar-refractivity contribution is 1.18. The molecule has 0 aliphatic carbocycles. The number of thiocarbonyl (C=S) groups is 1. The van der Waals surface area contributed by atoms with Gasteiger partial charge in [-0.2, -0.15) is 0 Å². The van der Waals surface area contributed by atoms with E-state index >= 15 is 0 Å². The van der Waals surface area contributed by atoms with E-state index in [1.807, 2.05) is 50.2 Å². The molecule has 0 bridgehead atoms. The summed E-state index contributed by atoms with van der Waals surface area (Å²) in [4.78, 5) is 5.01. The van der Waals surface area contributed by atoms with Crippen LogP contribution >= 0.6 is 23.8 Å². The number of aryl methyl sites for hydroxylation is 2.